The number of hydrogen-bond acceptors (Lipinski definition) is 2. The van der Waals surface area contributed by atoms with Crippen LogP contribution in [0.25, 0.3) is 0 Å². The Morgan fingerprint density at radius 3 is 2.60 bits per heavy atom. The zero-order chi connectivity index (χ0) is 14.1. The summed E-state index contributed by atoms with van der Waals surface area (Å²) in [6.45, 7) is 2.02. The minimum atomic E-state index is -0.0442. The molecule has 0 N–H and O–H groups in total. The van der Waals surface area contributed by atoms with Crippen molar-refractivity contribution < 1.29 is 4.79 Å². The lowest BCUT2D eigenvalue weighted by molar-refractivity contribution is -0.115. The summed E-state index contributed by atoms with van der Waals surface area (Å²) in [7, 11) is 0. The maximum absolute atomic E-state index is 12.3. The van der Waals surface area contributed by atoms with E-state index in [1.807, 2.05) is 60.4 Å². The van der Waals surface area contributed by atoms with Gasteiger partial charge in [0.15, 0.2) is 0 Å². The molecule has 20 heavy (non-hydrogen) atoms. The van der Waals surface area contributed by atoms with Crippen molar-refractivity contribution in [2.75, 3.05) is 10.7 Å². The molecule has 0 spiro atoms. The molecule has 3 rings (SSSR count). The number of amides is 1. The van der Waals surface area contributed by atoms with E-state index in [1.54, 1.807) is 11.8 Å². The lowest BCUT2D eigenvalue weighted by atomic mass is 10.1. The van der Waals surface area contributed by atoms with Gasteiger partial charge in [-0.3, -0.25) is 9.69 Å². The molecular formula is C16H14ClNOS. The molecular weight excluding hydrogens is 290 g/mol. The molecule has 0 bridgehead atoms. The van der Waals surface area contributed by atoms with Crippen LogP contribution in [0.5, 0.6) is 0 Å². The Morgan fingerprint density at radius 1 is 1.15 bits per heavy atom. The van der Waals surface area contributed by atoms with Gasteiger partial charge >= 0.3 is 0 Å². The van der Waals surface area contributed by atoms with E-state index in [1.165, 1.54) is 0 Å². The van der Waals surface area contributed by atoms with Crippen molar-refractivity contribution in [2.45, 2.75) is 12.3 Å². The molecule has 2 nitrogen and oxygen atoms in total. The lowest BCUT2D eigenvalue weighted by Gasteiger charge is -2.26. The number of anilines is 1. The molecule has 1 unspecified atom stereocenters. The number of halogens is 1. The number of aryl methyl sites for hydroxylation is 1. The molecule has 0 radical (unpaired) electrons. The number of para-hydroxylation sites is 1. The van der Waals surface area contributed by atoms with Crippen LogP contribution in [0.2, 0.25) is 5.02 Å². The summed E-state index contributed by atoms with van der Waals surface area (Å²) in [6.07, 6.45) is 0. The third-order valence-electron chi connectivity index (χ3n) is 3.41. The van der Waals surface area contributed by atoms with Gasteiger partial charge in [0.1, 0.15) is 5.37 Å². The third-order valence-corrected chi connectivity index (χ3v) is 4.95. The molecule has 0 saturated carbocycles. The van der Waals surface area contributed by atoms with Crippen molar-refractivity contribution in [1.82, 2.24) is 0 Å². The summed E-state index contributed by atoms with van der Waals surface area (Å²) < 4.78 is 0. The second-order valence-electron chi connectivity index (χ2n) is 4.74. The van der Waals surface area contributed by atoms with Gasteiger partial charge in [0.25, 0.3) is 0 Å². The van der Waals surface area contributed by atoms with Gasteiger partial charge in [-0.25, -0.2) is 0 Å². The van der Waals surface area contributed by atoms with Gasteiger partial charge in [0.2, 0.25) is 5.91 Å². The molecule has 0 aliphatic carbocycles. The Hall–Kier alpha value is -1.45. The Bertz CT molecular complexity index is 658. The highest BCUT2D eigenvalue weighted by Gasteiger charge is 2.35. The topological polar surface area (TPSA) is 20.3 Å². The molecule has 102 valence electrons. The van der Waals surface area contributed by atoms with Crippen molar-refractivity contribution in [3.63, 3.8) is 0 Å². The molecule has 4 heteroatoms. The standard InChI is InChI=1S/C16H14ClNOS/c1-11-6-2-5-9-14(11)18-15(19)10-20-16(18)12-7-3-4-8-13(12)17/h2-9,16H,10H2,1H3. The first-order valence-electron chi connectivity index (χ1n) is 6.42. The van der Waals surface area contributed by atoms with Crippen molar-refractivity contribution in [3.8, 4) is 0 Å². The fourth-order valence-corrected chi connectivity index (χ4v) is 3.93. The summed E-state index contributed by atoms with van der Waals surface area (Å²) in [6, 6.07) is 15.7. The van der Waals surface area contributed by atoms with Crippen LogP contribution in [0.4, 0.5) is 5.69 Å². The fraction of sp³-hybridized carbons (Fsp3) is 0.188. The predicted molar refractivity (Wildman–Crippen MR) is 85.3 cm³/mol. The average molecular weight is 304 g/mol. The van der Waals surface area contributed by atoms with E-state index in [2.05, 4.69) is 0 Å². The Labute approximate surface area is 127 Å². The first-order valence-corrected chi connectivity index (χ1v) is 7.85. The second kappa shape index (κ2) is 5.51. The van der Waals surface area contributed by atoms with Crippen molar-refractivity contribution in [1.29, 1.82) is 0 Å². The number of carbonyl (C=O) groups excluding carboxylic acids is 1. The number of carbonyl (C=O) groups is 1. The minimum absolute atomic E-state index is 0.0442. The zero-order valence-corrected chi connectivity index (χ0v) is 12.6. The van der Waals surface area contributed by atoms with E-state index in [0.717, 1.165) is 16.8 Å². The van der Waals surface area contributed by atoms with Crippen LogP contribution in [0.15, 0.2) is 48.5 Å². The molecule has 1 heterocycles. The Balaban J connectivity index is 2.06. The van der Waals surface area contributed by atoms with Crippen LogP contribution in [0.3, 0.4) is 0 Å². The molecule has 2 aromatic rings. The van der Waals surface area contributed by atoms with E-state index >= 15 is 0 Å². The Kier molecular flexibility index (Phi) is 3.72. The minimum Gasteiger partial charge on any atom is -0.295 e. The number of rotatable bonds is 2. The smallest absolute Gasteiger partial charge is 0.238 e. The molecule has 1 atom stereocenters. The summed E-state index contributed by atoms with van der Waals surface area (Å²) in [5.41, 5.74) is 3.06. The Morgan fingerprint density at radius 2 is 1.85 bits per heavy atom. The second-order valence-corrected chi connectivity index (χ2v) is 6.21. The van der Waals surface area contributed by atoms with Crippen molar-refractivity contribution in [3.05, 3.63) is 64.7 Å². The van der Waals surface area contributed by atoms with Crippen molar-refractivity contribution in [2.24, 2.45) is 0 Å². The van der Waals surface area contributed by atoms with Crippen LogP contribution >= 0.6 is 23.4 Å². The fourth-order valence-electron chi connectivity index (χ4n) is 2.42. The van der Waals surface area contributed by atoms with Crippen LogP contribution in [-0.4, -0.2) is 11.7 Å². The monoisotopic (exact) mass is 303 g/mol. The highest BCUT2D eigenvalue weighted by molar-refractivity contribution is 8.00. The largest absolute Gasteiger partial charge is 0.295 e. The summed E-state index contributed by atoms with van der Waals surface area (Å²) >= 11 is 7.91. The summed E-state index contributed by atoms with van der Waals surface area (Å²) in [5.74, 6) is 0.624. The molecule has 1 aliphatic rings. The maximum Gasteiger partial charge on any atom is 0.238 e. The van der Waals surface area contributed by atoms with Crippen LogP contribution < -0.4 is 4.90 Å². The van der Waals surface area contributed by atoms with Gasteiger partial charge in [0, 0.05) is 16.3 Å². The van der Waals surface area contributed by atoms with Crippen LogP contribution in [-0.2, 0) is 4.79 Å². The van der Waals surface area contributed by atoms with Gasteiger partial charge < -0.3 is 0 Å². The lowest BCUT2D eigenvalue weighted by Crippen LogP contribution is -2.28. The van der Waals surface area contributed by atoms with Gasteiger partial charge in [-0.15, -0.1) is 11.8 Å². The first kappa shape index (κ1) is 13.5. The molecule has 1 aliphatic heterocycles. The number of thioether (sulfide) groups is 1. The highest BCUT2D eigenvalue weighted by Crippen LogP contribution is 2.44. The number of benzene rings is 2. The predicted octanol–water partition coefficient (Wildman–Crippen LogP) is 4.43. The van der Waals surface area contributed by atoms with Gasteiger partial charge in [-0.1, -0.05) is 48.0 Å². The van der Waals surface area contributed by atoms with Crippen LogP contribution in [0, 0.1) is 6.92 Å². The maximum atomic E-state index is 12.3. The molecule has 0 aromatic heterocycles. The normalized spacial score (nSPS) is 18.6. The van der Waals surface area contributed by atoms with E-state index in [4.69, 9.17) is 11.6 Å². The summed E-state index contributed by atoms with van der Waals surface area (Å²) in [5, 5.41) is 0.663. The van der Waals surface area contributed by atoms with Gasteiger partial charge in [-0.2, -0.15) is 0 Å². The van der Waals surface area contributed by atoms with Crippen LogP contribution in [0.1, 0.15) is 16.5 Å². The quantitative estimate of drug-likeness (QED) is 0.818. The number of hydrogen-bond donors (Lipinski definition) is 0. The third kappa shape index (κ3) is 2.32. The van der Waals surface area contributed by atoms with Gasteiger partial charge in [-0.05, 0) is 24.6 Å². The van der Waals surface area contributed by atoms with Crippen molar-refractivity contribution >= 4 is 35.0 Å². The zero-order valence-electron chi connectivity index (χ0n) is 11.0. The molecule has 1 saturated heterocycles. The molecule has 1 amide bonds. The van der Waals surface area contributed by atoms with E-state index in [-0.39, 0.29) is 11.3 Å². The highest BCUT2D eigenvalue weighted by atomic mass is 35.5. The summed E-state index contributed by atoms with van der Waals surface area (Å²) in [4.78, 5) is 14.1. The van der Waals surface area contributed by atoms with E-state index in [0.29, 0.717) is 10.8 Å². The average Bonchev–Trinajstić information content (AvgIpc) is 2.82. The molecule has 1 fully saturated rings. The SMILES string of the molecule is Cc1ccccc1N1C(=O)CSC1c1ccccc1Cl. The van der Waals surface area contributed by atoms with Gasteiger partial charge in [0.05, 0.1) is 5.75 Å². The molecule has 2 aromatic carbocycles. The first-order chi connectivity index (χ1) is 9.68. The van der Waals surface area contributed by atoms with E-state index in [9.17, 15) is 4.79 Å². The number of nitrogens with zero attached hydrogens (tertiary/aromatic N) is 1. The van der Waals surface area contributed by atoms with E-state index < -0.39 is 0 Å².